The van der Waals surface area contributed by atoms with E-state index >= 15 is 0 Å². The summed E-state index contributed by atoms with van der Waals surface area (Å²) in [7, 11) is 1.81. The van der Waals surface area contributed by atoms with Crippen molar-refractivity contribution in [2.24, 2.45) is 0 Å². The lowest BCUT2D eigenvalue weighted by Crippen LogP contribution is -2.24. The maximum absolute atomic E-state index is 6.83. The molecule has 3 nitrogen and oxygen atoms in total. The number of furan rings is 1. The van der Waals surface area contributed by atoms with Crippen molar-refractivity contribution in [1.29, 1.82) is 0 Å². The van der Waals surface area contributed by atoms with Gasteiger partial charge in [0.2, 0.25) is 0 Å². The molecule has 5 rings (SSSR count). The molecule has 0 aliphatic rings. The second-order valence-electron chi connectivity index (χ2n) is 10.4. The third-order valence-electron chi connectivity index (χ3n) is 7.40. The van der Waals surface area contributed by atoms with Gasteiger partial charge in [-0.25, -0.2) is 0 Å². The van der Waals surface area contributed by atoms with Crippen LogP contribution < -0.4 is 0 Å². The normalized spacial score (nSPS) is 12.1. The highest BCUT2D eigenvalue weighted by Gasteiger charge is 2.29. The number of unbranched alkanes of at least 4 members (excludes halogenated alkanes) is 1. The van der Waals surface area contributed by atoms with Gasteiger partial charge in [0.05, 0.1) is 0 Å². The molecule has 0 spiro atoms. The fourth-order valence-corrected chi connectivity index (χ4v) is 5.46. The molecule has 0 aliphatic carbocycles. The van der Waals surface area contributed by atoms with Gasteiger partial charge in [0.15, 0.2) is 0 Å². The summed E-state index contributed by atoms with van der Waals surface area (Å²) in [5, 5.41) is 0. The van der Waals surface area contributed by atoms with Crippen LogP contribution in [0, 0.1) is 0 Å². The number of ether oxygens (including phenoxy) is 1. The highest BCUT2D eigenvalue weighted by atomic mass is 16.5. The van der Waals surface area contributed by atoms with Crippen molar-refractivity contribution in [2.75, 3.05) is 7.11 Å². The Kier molecular flexibility index (Phi) is 9.63. The van der Waals surface area contributed by atoms with Crippen LogP contribution in [0.2, 0.25) is 0 Å². The smallest absolute Gasteiger partial charge is 0.139 e. The first kappa shape index (κ1) is 27.6. The predicted octanol–water partition coefficient (Wildman–Crippen LogP) is 9.23. The van der Waals surface area contributed by atoms with Crippen molar-refractivity contribution in [3.8, 4) is 11.3 Å². The van der Waals surface area contributed by atoms with Gasteiger partial charge in [0.25, 0.3) is 0 Å². The molecule has 5 aromatic rings. The Bertz CT molecular complexity index is 1390. The molecule has 0 amide bonds. The molecule has 4 aromatic carbocycles. The van der Waals surface area contributed by atoms with Crippen LogP contribution in [0.5, 0.6) is 0 Å². The van der Waals surface area contributed by atoms with Crippen LogP contribution in [0.3, 0.4) is 0 Å². The van der Waals surface area contributed by atoms with Crippen LogP contribution in [-0.2, 0) is 30.8 Å². The highest BCUT2D eigenvalue weighted by Crippen LogP contribution is 2.40. The van der Waals surface area contributed by atoms with Gasteiger partial charge < -0.3 is 9.15 Å². The molecule has 0 saturated carbocycles. The average Bonchev–Trinajstić information content (AvgIpc) is 3.36. The summed E-state index contributed by atoms with van der Waals surface area (Å²) in [6, 6.07) is 42.5. The first-order chi connectivity index (χ1) is 19.8. The van der Waals surface area contributed by atoms with Gasteiger partial charge in [-0.15, -0.1) is 0 Å². The maximum atomic E-state index is 6.83. The summed E-state index contributed by atoms with van der Waals surface area (Å²) in [5.41, 5.74) is 7.21. The second-order valence-corrected chi connectivity index (χ2v) is 10.4. The van der Waals surface area contributed by atoms with Crippen LogP contribution in [-0.4, -0.2) is 12.0 Å². The minimum absolute atomic E-state index is 0.209. The molecule has 40 heavy (non-hydrogen) atoms. The van der Waals surface area contributed by atoms with E-state index in [2.05, 4.69) is 133 Å². The zero-order valence-corrected chi connectivity index (χ0v) is 23.6. The largest absolute Gasteiger partial charge is 0.460 e. The third kappa shape index (κ3) is 6.80. The van der Waals surface area contributed by atoms with E-state index in [-0.39, 0.29) is 6.10 Å². The lowest BCUT2D eigenvalue weighted by atomic mass is 9.93. The molecular weight excluding hydrogens is 490 g/mol. The SMILES string of the molecule is CCCCc1oc(-c2ccccc2)c(CN(Cc2ccccc2)Cc2ccccc2)c1C(OC)c1ccccc1. The summed E-state index contributed by atoms with van der Waals surface area (Å²) >= 11 is 0. The standard InChI is InChI=1S/C37H39NO2/c1-3-4-25-34-35(37(39-2)32-23-15-8-16-24-32)33(36(40-34)31-21-13-7-14-22-31)28-38(26-29-17-9-5-10-18-29)27-30-19-11-6-12-20-30/h5-24,37H,3-4,25-28H2,1-2H3. The summed E-state index contributed by atoms with van der Waals surface area (Å²) < 4.78 is 13.1. The van der Waals surface area contributed by atoms with Crippen molar-refractivity contribution >= 4 is 0 Å². The number of rotatable bonds is 13. The molecular formula is C37H39NO2. The Morgan fingerprint density at radius 2 is 1.20 bits per heavy atom. The number of hydrogen-bond donors (Lipinski definition) is 0. The number of benzene rings is 4. The fraction of sp³-hybridized carbons (Fsp3) is 0.243. The topological polar surface area (TPSA) is 25.6 Å². The summed E-state index contributed by atoms with van der Waals surface area (Å²) in [5.74, 6) is 1.98. The van der Waals surface area contributed by atoms with Crippen LogP contribution in [0.15, 0.2) is 126 Å². The van der Waals surface area contributed by atoms with Gasteiger partial charge in [-0.3, -0.25) is 4.90 Å². The molecule has 204 valence electrons. The number of methoxy groups -OCH3 is 1. The van der Waals surface area contributed by atoms with E-state index in [1.54, 1.807) is 0 Å². The van der Waals surface area contributed by atoms with Gasteiger partial charge in [0.1, 0.15) is 17.6 Å². The van der Waals surface area contributed by atoms with E-state index in [9.17, 15) is 0 Å². The fourth-order valence-electron chi connectivity index (χ4n) is 5.46. The number of hydrogen-bond acceptors (Lipinski definition) is 3. The third-order valence-corrected chi connectivity index (χ3v) is 7.40. The molecule has 1 atom stereocenters. The molecule has 0 N–H and O–H groups in total. The zero-order valence-electron chi connectivity index (χ0n) is 23.6. The molecule has 0 fully saturated rings. The average molecular weight is 530 g/mol. The van der Waals surface area contributed by atoms with E-state index in [1.807, 2.05) is 7.11 Å². The molecule has 1 aromatic heterocycles. The lowest BCUT2D eigenvalue weighted by Gasteiger charge is -2.25. The quantitative estimate of drug-likeness (QED) is 0.152. The van der Waals surface area contributed by atoms with Crippen LogP contribution >= 0.6 is 0 Å². The Morgan fingerprint density at radius 1 is 0.675 bits per heavy atom. The van der Waals surface area contributed by atoms with E-state index in [4.69, 9.17) is 9.15 Å². The number of nitrogens with zero attached hydrogens (tertiary/aromatic N) is 1. The van der Waals surface area contributed by atoms with Gasteiger partial charge in [0, 0.05) is 49.9 Å². The van der Waals surface area contributed by atoms with E-state index < -0.39 is 0 Å². The van der Waals surface area contributed by atoms with E-state index in [0.717, 1.165) is 61.5 Å². The van der Waals surface area contributed by atoms with Crippen LogP contribution in [0.25, 0.3) is 11.3 Å². The molecule has 0 saturated heterocycles. The summed E-state index contributed by atoms with van der Waals surface area (Å²) in [6.07, 6.45) is 2.85. The van der Waals surface area contributed by atoms with Crippen molar-refractivity contribution < 1.29 is 9.15 Å². The van der Waals surface area contributed by atoms with E-state index in [0.29, 0.717) is 0 Å². The van der Waals surface area contributed by atoms with Gasteiger partial charge in [-0.05, 0) is 23.1 Å². The Balaban J connectivity index is 1.65. The van der Waals surface area contributed by atoms with Gasteiger partial charge in [-0.1, -0.05) is 135 Å². The number of aryl methyl sites for hydroxylation is 1. The molecule has 1 heterocycles. The Labute approximate surface area is 239 Å². The summed E-state index contributed by atoms with van der Waals surface area (Å²) in [4.78, 5) is 2.52. The van der Waals surface area contributed by atoms with Crippen molar-refractivity contribution in [3.63, 3.8) is 0 Å². The predicted molar refractivity (Wildman–Crippen MR) is 164 cm³/mol. The van der Waals surface area contributed by atoms with Gasteiger partial charge in [-0.2, -0.15) is 0 Å². The van der Waals surface area contributed by atoms with E-state index in [1.165, 1.54) is 22.3 Å². The maximum Gasteiger partial charge on any atom is 0.139 e. The first-order valence-electron chi connectivity index (χ1n) is 14.3. The van der Waals surface area contributed by atoms with Crippen molar-refractivity contribution in [1.82, 2.24) is 4.90 Å². The molecule has 0 radical (unpaired) electrons. The van der Waals surface area contributed by atoms with Gasteiger partial charge >= 0.3 is 0 Å². The minimum atomic E-state index is -0.209. The lowest BCUT2D eigenvalue weighted by molar-refractivity contribution is 0.132. The highest BCUT2D eigenvalue weighted by molar-refractivity contribution is 5.65. The monoisotopic (exact) mass is 529 g/mol. The second kappa shape index (κ2) is 13.9. The Hall–Kier alpha value is -3.92. The summed E-state index contributed by atoms with van der Waals surface area (Å²) in [6.45, 7) is 4.64. The first-order valence-corrected chi connectivity index (χ1v) is 14.3. The molecule has 0 bridgehead atoms. The van der Waals surface area contributed by atoms with Crippen LogP contribution in [0.4, 0.5) is 0 Å². The zero-order chi connectivity index (χ0) is 27.6. The van der Waals surface area contributed by atoms with Crippen molar-refractivity contribution in [2.45, 2.75) is 51.9 Å². The van der Waals surface area contributed by atoms with Crippen molar-refractivity contribution in [3.05, 3.63) is 155 Å². The van der Waals surface area contributed by atoms with Crippen LogP contribution in [0.1, 0.15) is 59.4 Å². The molecule has 1 unspecified atom stereocenters. The minimum Gasteiger partial charge on any atom is -0.460 e. The Morgan fingerprint density at radius 3 is 1.73 bits per heavy atom. The molecule has 3 heteroatoms. The molecule has 0 aliphatic heterocycles.